The highest BCUT2D eigenvalue weighted by Crippen LogP contribution is 2.16. The minimum absolute atomic E-state index is 0.331. The second-order valence-electron chi connectivity index (χ2n) is 2.39. The summed E-state index contributed by atoms with van der Waals surface area (Å²) in [5.74, 6) is -1.90. The van der Waals surface area contributed by atoms with Crippen molar-refractivity contribution in [3.8, 4) is 0 Å². The van der Waals surface area contributed by atoms with E-state index in [1.54, 1.807) is 0 Å². The number of allylic oxidation sites excluding steroid dienone is 1. The van der Waals surface area contributed by atoms with Crippen molar-refractivity contribution in [2.45, 2.75) is 25.9 Å². The first-order chi connectivity index (χ1) is 5.98. The maximum absolute atomic E-state index is 11.6. The zero-order valence-corrected chi connectivity index (χ0v) is 7.23. The zero-order chi connectivity index (χ0) is 10.3. The second kappa shape index (κ2) is 5.61. The van der Waals surface area contributed by atoms with Gasteiger partial charge >= 0.3 is 6.18 Å². The van der Waals surface area contributed by atoms with Crippen molar-refractivity contribution in [2.24, 2.45) is 0 Å². The van der Waals surface area contributed by atoms with Gasteiger partial charge in [0, 0.05) is 6.08 Å². The molecule has 0 saturated carbocycles. The number of ketones is 1. The van der Waals surface area contributed by atoms with Gasteiger partial charge < -0.3 is 4.74 Å². The lowest BCUT2D eigenvalue weighted by Gasteiger charge is -2.00. The average Bonchev–Trinajstić information content (AvgIpc) is 2.02. The molecule has 5 heteroatoms. The van der Waals surface area contributed by atoms with Crippen LogP contribution in [0.3, 0.4) is 0 Å². The van der Waals surface area contributed by atoms with Crippen molar-refractivity contribution >= 4 is 5.78 Å². The third-order valence-corrected chi connectivity index (χ3v) is 1.21. The van der Waals surface area contributed by atoms with Crippen molar-refractivity contribution < 1.29 is 22.7 Å². The summed E-state index contributed by atoms with van der Waals surface area (Å²) in [5, 5.41) is 0. The first-order valence-corrected chi connectivity index (χ1v) is 3.87. The molecule has 0 aliphatic carbocycles. The fourth-order valence-corrected chi connectivity index (χ4v) is 0.500. The van der Waals surface area contributed by atoms with Gasteiger partial charge in [-0.1, -0.05) is 13.3 Å². The molecule has 0 atom stereocenters. The van der Waals surface area contributed by atoms with Gasteiger partial charge in [-0.3, -0.25) is 4.79 Å². The van der Waals surface area contributed by atoms with E-state index >= 15 is 0 Å². The summed E-state index contributed by atoms with van der Waals surface area (Å²) in [6.07, 6.45) is -1.99. The van der Waals surface area contributed by atoms with E-state index < -0.39 is 12.0 Å². The van der Waals surface area contributed by atoms with Gasteiger partial charge in [0.25, 0.3) is 5.78 Å². The van der Waals surface area contributed by atoms with Crippen LogP contribution in [0.2, 0.25) is 0 Å². The van der Waals surface area contributed by atoms with Gasteiger partial charge in [-0.2, -0.15) is 13.2 Å². The van der Waals surface area contributed by atoms with E-state index in [-0.39, 0.29) is 0 Å². The highest BCUT2D eigenvalue weighted by atomic mass is 19.4. The number of hydrogen-bond donors (Lipinski definition) is 0. The van der Waals surface area contributed by atoms with E-state index in [1.165, 1.54) is 0 Å². The monoisotopic (exact) mass is 196 g/mol. The third-order valence-electron chi connectivity index (χ3n) is 1.21. The van der Waals surface area contributed by atoms with Crippen LogP contribution < -0.4 is 0 Å². The molecule has 0 aromatic rings. The fraction of sp³-hybridized carbons (Fsp3) is 0.625. The molecule has 0 aliphatic rings. The van der Waals surface area contributed by atoms with Crippen LogP contribution >= 0.6 is 0 Å². The maximum atomic E-state index is 11.6. The van der Waals surface area contributed by atoms with Gasteiger partial charge in [-0.05, 0) is 6.42 Å². The largest absolute Gasteiger partial charge is 0.501 e. The van der Waals surface area contributed by atoms with Crippen LogP contribution in [0.25, 0.3) is 0 Å². The summed E-state index contributed by atoms with van der Waals surface area (Å²) in [6, 6.07) is 0. The predicted molar refractivity (Wildman–Crippen MR) is 41.1 cm³/mol. The van der Waals surface area contributed by atoms with Gasteiger partial charge in [0.2, 0.25) is 0 Å². The Balaban J connectivity index is 3.67. The summed E-state index contributed by atoms with van der Waals surface area (Å²) in [6.45, 7) is 2.26. The minimum atomic E-state index is -4.80. The average molecular weight is 196 g/mol. The van der Waals surface area contributed by atoms with Crippen LogP contribution in [0.1, 0.15) is 19.8 Å². The van der Waals surface area contributed by atoms with Crippen molar-refractivity contribution in [3.63, 3.8) is 0 Å². The minimum Gasteiger partial charge on any atom is -0.501 e. The molecule has 0 aromatic heterocycles. The smallest absolute Gasteiger partial charge is 0.454 e. The Morgan fingerprint density at radius 3 is 2.54 bits per heavy atom. The van der Waals surface area contributed by atoms with Crippen LogP contribution in [0.4, 0.5) is 13.2 Å². The van der Waals surface area contributed by atoms with Gasteiger partial charge in [0.05, 0.1) is 12.9 Å². The van der Waals surface area contributed by atoms with Crippen molar-refractivity contribution in [2.75, 3.05) is 6.61 Å². The molecule has 13 heavy (non-hydrogen) atoms. The van der Waals surface area contributed by atoms with E-state index in [0.717, 1.165) is 19.1 Å². The Labute approximate surface area is 74.4 Å². The zero-order valence-electron chi connectivity index (χ0n) is 7.23. The number of carbonyl (C=O) groups is 1. The molecular weight excluding hydrogens is 185 g/mol. The SMILES string of the molecule is CCCCO/C=C\C(=O)C(F)(F)F. The number of unbranched alkanes of at least 4 members (excludes halogenated alkanes) is 1. The maximum Gasteiger partial charge on any atom is 0.454 e. The lowest BCUT2D eigenvalue weighted by Crippen LogP contribution is -2.19. The standard InChI is InChI=1S/C8H11F3O2/c1-2-3-5-13-6-4-7(12)8(9,10)11/h4,6H,2-3,5H2,1H3/b6-4-. The topological polar surface area (TPSA) is 26.3 Å². The number of rotatable bonds is 5. The summed E-state index contributed by atoms with van der Waals surface area (Å²) >= 11 is 0. The van der Waals surface area contributed by atoms with Gasteiger partial charge in [0.1, 0.15) is 0 Å². The Hall–Kier alpha value is -1.00. The molecule has 0 spiro atoms. The van der Waals surface area contributed by atoms with E-state index in [1.807, 2.05) is 6.92 Å². The third kappa shape index (κ3) is 6.19. The Morgan fingerprint density at radius 1 is 1.46 bits per heavy atom. The molecule has 0 heterocycles. The van der Waals surface area contributed by atoms with Gasteiger partial charge in [-0.15, -0.1) is 0 Å². The van der Waals surface area contributed by atoms with Crippen LogP contribution in [0, 0.1) is 0 Å². The number of carbonyl (C=O) groups excluding carboxylic acids is 1. The Morgan fingerprint density at radius 2 is 2.08 bits per heavy atom. The lowest BCUT2D eigenvalue weighted by atomic mass is 10.3. The van der Waals surface area contributed by atoms with E-state index in [4.69, 9.17) is 0 Å². The lowest BCUT2D eigenvalue weighted by molar-refractivity contribution is -0.165. The van der Waals surface area contributed by atoms with Crippen molar-refractivity contribution in [1.82, 2.24) is 0 Å². The first kappa shape index (κ1) is 12.0. The quantitative estimate of drug-likeness (QED) is 0.383. The molecule has 0 N–H and O–H groups in total. The number of hydrogen-bond acceptors (Lipinski definition) is 2. The van der Waals surface area contributed by atoms with Crippen LogP contribution in [0.15, 0.2) is 12.3 Å². The second-order valence-corrected chi connectivity index (χ2v) is 2.39. The molecule has 0 aromatic carbocycles. The summed E-state index contributed by atoms with van der Waals surface area (Å²) < 4.78 is 39.3. The normalized spacial score (nSPS) is 12.0. The van der Waals surface area contributed by atoms with Gasteiger partial charge in [-0.25, -0.2) is 0 Å². The summed E-state index contributed by atoms with van der Waals surface area (Å²) in [5.41, 5.74) is 0. The number of alkyl halides is 3. The van der Waals surface area contributed by atoms with Crippen LogP contribution in [-0.2, 0) is 9.53 Å². The van der Waals surface area contributed by atoms with E-state index in [2.05, 4.69) is 4.74 Å². The molecule has 0 fully saturated rings. The molecule has 0 unspecified atom stereocenters. The molecular formula is C8H11F3O2. The first-order valence-electron chi connectivity index (χ1n) is 3.87. The number of halogens is 3. The molecule has 2 nitrogen and oxygen atoms in total. The molecule has 0 bridgehead atoms. The highest BCUT2D eigenvalue weighted by molar-refractivity contribution is 5.94. The molecule has 0 radical (unpaired) electrons. The fourth-order valence-electron chi connectivity index (χ4n) is 0.500. The predicted octanol–water partition coefficient (Wildman–Crippen LogP) is 2.45. The molecule has 0 aliphatic heterocycles. The molecule has 0 rings (SSSR count). The Bertz CT molecular complexity index is 184. The van der Waals surface area contributed by atoms with E-state index in [0.29, 0.717) is 12.7 Å². The van der Waals surface area contributed by atoms with E-state index in [9.17, 15) is 18.0 Å². The van der Waals surface area contributed by atoms with Crippen molar-refractivity contribution in [3.05, 3.63) is 12.3 Å². The molecule has 76 valence electrons. The number of ether oxygens (including phenoxy) is 1. The summed E-state index contributed by atoms with van der Waals surface area (Å²) in [4.78, 5) is 10.2. The summed E-state index contributed by atoms with van der Waals surface area (Å²) in [7, 11) is 0. The Kier molecular flexibility index (Phi) is 5.18. The van der Waals surface area contributed by atoms with Crippen LogP contribution in [0.5, 0.6) is 0 Å². The molecule has 0 saturated heterocycles. The van der Waals surface area contributed by atoms with Crippen LogP contribution in [-0.4, -0.2) is 18.6 Å². The van der Waals surface area contributed by atoms with Crippen molar-refractivity contribution in [1.29, 1.82) is 0 Å². The highest BCUT2D eigenvalue weighted by Gasteiger charge is 2.36. The van der Waals surface area contributed by atoms with Gasteiger partial charge in [0.15, 0.2) is 0 Å². The molecule has 0 amide bonds.